The summed E-state index contributed by atoms with van der Waals surface area (Å²) in [5, 5.41) is 11.5. The molecule has 2 aromatic carbocycles. The van der Waals surface area contributed by atoms with Gasteiger partial charge in [-0.1, -0.05) is 48.5 Å². The molecule has 7 heteroatoms. The van der Waals surface area contributed by atoms with Gasteiger partial charge in [0.05, 0.1) is 0 Å². The summed E-state index contributed by atoms with van der Waals surface area (Å²) < 4.78 is 5.53. The highest BCUT2D eigenvalue weighted by Gasteiger charge is 2.29. The molecular formula is C25H30N2O5. The first-order valence-corrected chi connectivity index (χ1v) is 11.0. The van der Waals surface area contributed by atoms with Gasteiger partial charge in [0.25, 0.3) is 0 Å². The molecule has 0 saturated heterocycles. The molecule has 0 spiro atoms. The predicted molar refractivity (Wildman–Crippen MR) is 121 cm³/mol. The zero-order valence-corrected chi connectivity index (χ0v) is 18.5. The lowest BCUT2D eigenvalue weighted by Crippen LogP contribution is -2.40. The van der Waals surface area contributed by atoms with Crippen molar-refractivity contribution in [3.63, 3.8) is 0 Å². The first kappa shape index (κ1) is 23.3. The molecule has 1 aliphatic carbocycles. The Kier molecular flexibility index (Phi) is 7.87. The average molecular weight is 439 g/mol. The fraction of sp³-hybridized carbons (Fsp3) is 0.400. The molecule has 2 amide bonds. The van der Waals surface area contributed by atoms with Crippen molar-refractivity contribution in [3.05, 3.63) is 59.7 Å². The van der Waals surface area contributed by atoms with Crippen molar-refractivity contribution >= 4 is 18.0 Å². The standard InChI is InChI=1S/C25H30N2O5/c1-3-27(14-8-13-24(29)30)23(28)15-17(2)26-25(31)32-16-22-20-11-6-4-9-18(20)19-10-5-7-12-21(19)22/h4-7,9-12,17,22H,3,8,13-16H2,1-2H3,(H,26,31)(H,29,30). The molecule has 2 aromatic rings. The first-order chi connectivity index (χ1) is 15.4. The normalized spacial score (nSPS) is 13.1. The second-order valence-electron chi connectivity index (χ2n) is 8.05. The molecular weight excluding hydrogens is 408 g/mol. The average Bonchev–Trinajstić information content (AvgIpc) is 3.08. The van der Waals surface area contributed by atoms with Crippen molar-refractivity contribution in [3.8, 4) is 11.1 Å². The Balaban J connectivity index is 1.51. The van der Waals surface area contributed by atoms with Crippen LogP contribution in [0.3, 0.4) is 0 Å². The van der Waals surface area contributed by atoms with E-state index in [1.165, 1.54) is 11.1 Å². The number of nitrogens with one attached hydrogen (secondary N) is 1. The molecule has 0 saturated carbocycles. The minimum Gasteiger partial charge on any atom is -0.481 e. The number of amides is 2. The highest BCUT2D eigenvalue weighted by Crippen LogP contribution is 2.44. The van der Waals surface area contributed by atoms with E-state index in [-0.39, 0.29) is 31.3 Å². The Labute approximate surface area is 188 Å². The van der Waals surface area contributed by atoms with Crippen LogP contribution in [0.1, 0.15) is 50.2 Å². The molecule has 1 aliphatic rings. The van der Waals surface area contributed by atoms with Gasteiger partial charge in [0, 0.05) is 37.9 Å². The van der Waals surface area contributed by atoms with Crippen LogP contribution in [-0.2, 0) is 14.3 Å². The minimum atomic E-state index is -0.876. The van der Waals surface area contributed by atoms with Crippen molar-refractivity contribution in [1.82, 2.24) is 10.2 Å². The second kappa shape index (κ2) is 10.8. The summed E-state index contributed by atoms with van der Waals surface area (Å²) in [5.74, 6) is -1.02. The first-order valence-electron chi connectivity index (χ1n) is 11.0. The summed E-state index contributed by atoms with van der Waals surface area (Å²) >= 11 is 0. The topological polar surface area (TPSA) is 95.9 Å². The van der Waals surface area contributed by atoms with Gasteiger partial charge in [0.15, 0.2) is 0 Å². The number of nitrogens with zero attached hydrogens (tertiary/aromatic N) is 1. The predicted octanol–water partition coefficient (Wildman–Crippen LogP) is 4.02. The third kappa shape index (κ3) is 5.66. The van der Waals surface area contributed by atoms with Crippen LogP contribution in [0.15, 0.2) is 48.5 Å². The number of aliphatic carboxylic acids is 1. The van der Waals surface area contributed by atoms with E-state index in [4.69, 9.17) is 9.84 Å². The molecule has 0 fully saturated rings. The van der Waals surface area contributed by atoms with Crippen LogP contribution in [0, 0.1) is 0 Å². The van der Waals surface area contributed by atoms with Crippen molar-refractivity contribution < 1.29 is 24.2 Å². The maximum atomic E-state index is 12.5. The smallest absolute Gasteiger partial charge is 0.407 e. The summed E-state index contributed by atoms with van der Waals surface area (Å²) in [4.78, 5) is 37.1. The quantitative estimate of drug-likeness (QED) is 0.584. The minimum absolute atomic E-state index is 0.0186. The van der Waals surface area contributed by atoms with Crippen LogP contribution in [0.25, 0.3) is 11.1 Å². The van der Waals surface area contributed by atoms with Crippen molar-refractivity contribution in [2.45, 2.75) is 45.1 Å². The van der Waals surface area contributed by atoms with Crippen LogP contribution in [0.5, 0.6) is 0 Å². The van der Waals surface area contributed by atoms with E-state index in [0.29, 0.717) is 19.5 Å². The molecule has 0 heterocycles. The molecule has 0 bridgehead atoms. The Morgan fingerprint density at radius 2 is 1.66 bits per heavy atom. The summed E-state index contributed by atoms with van der Waals surface area (Å²) in [6, 6.07) is 15.9. The second-order valence-corrected chi connectivity index (χ2v) is 8.05. The van der Waals surface area contributed by atoms with Gasteiger partial charge in [0.2, 0.25) is 5.91 Å². The number of benzene rings is 2. The Morgan fingerprint density at radius 3 is 2.22 bits per heavy atom. The maximum absolute atomic E-state index is 12.5. The van der Waals surface area contributed by atoms with Gasteiger partial charge in [-0.2, -0.15) is 0 Å². The van der Waals surface area contributed by atoms with E-state index in [0.717, 1.165) is 11.1 Å². The molecule has 0 aromatic heterocycles. The largest absolute Gasteiger partial charge is 0.481 e. The maximum Gasteiger partial charge on any atom is 0.407 e. The Morgan fingerprint density at radius 1 is 1.06 bits per heavy atom. The van der Waals surface area contributed by atoms with E-state index in [2.05, 4.69) is 29.6 Å². The van der Waals surface area contributed by atoms with Crippen LogP contribution < -0.4 is 5.32 Å². The molecule has 32 heavy (non-hydrogen) atoms. The third-order valence-electron chi connectivity index (χ3n) is 5.74. The Bertz CT molecular complexity index is 929. The molecule has 0 radical (unpaired) electrons. The number of fused-ring (bicyclic) bond motifs is 3. The van der Waals surface area contributed by atoms with Crippen LogP contribution in [0.4, 0.5) is 4.79 Å². The van der Waals surface area contributed by atoms with E-state index in [9.17, 15) is 14.4 Å². The van der Waals surface area contributed by atoms with Crippen molar-refractivity contribution in [2.75, 3.05) is 19.7 Å². The van der Waals surface area contributed by atoms with Gasteiger partial charge < -0.3 is 20.1 Å². The number of alkyl carbamates (subject to hydrolysis) is 1. The Hall–Kier alpha value is -3.35. The van der Waals surface area contributed by atoms with E-state index < -0.39 is 18.1 Å². The number of carbonyl (C=O) groups is 3. The molecule has 7 nitrogen and oxygen atoms in total. The van der Waals surface area contributed by atoms with Gasteiger partial charge in [-0.15, -0.1) is 0 Å². The molecule has 2 N–H and O–H groups in total. The zero-order valence-electron chi connectivity index (χ0n) is 18.5. The number of hydrogen-bond donors (Lipinski definition) is 2. The zero-order chi connectivity index (χ0) is 23.1. The van der Waals surface area contributed by atoms with Gasteiger partial charge in [-0.25, -0.2) is 4.79 Å². The van der Waals surface area contributed by atoms with Crippen molar-refractivity contribution in [1.29, 1.82) is 0 Å². The number of carbonyl (C=O) groups excluding carboxylic acids is 2. The molecule has 170 valence electrons. The number of carboxylic acid groups (broad SMARTS) is 1. The lowest BCUT2D eigenvalue weighted by Gasteiger charge is -2.23. The summed E-state index contributed by atoms with van der Waals surface area (Å²) in [6.07, 6.45) is 0.00650. The number of hydrogen-bond acceptors (Lipinski definition) is 4. The van der Waals surface area contributed by atoms with Gasteiger partial charge in [-0.3, -0.25) is 9.59 Å². The molecule has 1 unspecified atom stereocenters. The summed E-state index contributed by atoms with van der Waals surface area (Å²) in [6.45, 7) is 4.71. The fourth-order valence-electron chi connectivity index (χ4n) is 4.16. The fourth-order valence-corrected chi connectivity index (χ4v) is 4.16. The number of carboxylic acids is 1. The lowest BCUT2D eigenvalue weighted by molar-refractivity contribution is -0.138. The molecule has 0 aliphatic heterocycles. The highest BCUT2D eigenvalue weighted by molar-refractivity contribution is 5.79. The van der Waals surface area contributed by atoms with E-state index in [1.807, 2.05) is 31.2 Å². The summed E-state index contributed by atoms with van der Waals surface area (Å²) in [5.41, 5.74) is 4.62. The van der Waals surface area contributed by atoms with Gasteiger partial charge in [-0.05, 0) is 42.5 Å². The van der Waals surface area contributed by atoms with Crippen LogP contribution in [0.2, 0.25) is 0 Å². The monoisotopic (exact) mass is 438 g/mol. The lowest BCUT2D eigenvalue weighted by atomic mass is 9.98. The summed E-state index contributed by atoms with van der Waals surface area (Å²) in [7, 11) is 0. The van der Waals surface area contributed by atoms with E-state index in [1.54, 1.807) is 11.8 Å². The molecule has 3 rings (SSSR count). The SMILES string of the molecule is CCN(CCCC(=O)O)C(=O)CC(C)NC(=O)OCC1c2ccccc2-c2ccccc21. The number of rotatable bonds is 10. The molecule has 1 atom stereocenters. The van der Waals surface area contributed by atoms with Crippen LogP contribution in [-0.4, -0.2) is 53.7 Å². The van der Waals surface area contributed by atoms with E-state index >= 15 is 0 Å². The van der Waals surface area contributed by atoms with Gasteiger partial charge >= 0.3 is 12.1 Å². The van der Waals surface area contributed by atoms with Crippen LogP contribution >= 0.6 is 0 Å². The third-order valence-corrected chi connectivity index (χ3v) is 5.74. The van der Waals surface area contributed by atoms with Gasteiger partial charge in [0.1, 0.15) is 6.61 Å². The highest BCUT2D eigenvalue weighted by atomic mass is 16.5. The number of ether oxygens (including phenoxy) is 1. The van der Waals surface area contributed by atoms with Crippen molar-refractivity contribution in [2.24, 2.45) is 0 Å².